The molecule has 8 heteroatoms. The smallest absolute Gasteiger partial charge is 0.153 e. The van der Waals surface area contributed by atoms with Gasteiger partial charge in [0.15, 0.2) is 5.82 Å². The Morgan fingerprint density at radius 1 is 1.37 bits per heavy atom. The number of hydrogen-bond acceptors (Lipinski definition) is 6. The molecule has 0 amide bonds. The van der Waals surface area contributed by atoms with Crippen LogP contribution in [0.15, 0.2) is 16.7 Å². The first kappa shape index (κ1) is 20.5. The highest BCUT2D eigenvalue weighted by Crippen LogP contribution is 2.37. The Kier molecular flexibility index (Phi) is 6.05. The molecule has 6 nitrogen and oxygen atoms in total. The summed E-state index contributed by atoms with van der Waals surface area (Å²) < 4.78 is 0.673. The van der Waals surface area contributed by atoms with E-state index in [9.17, 15) is 5.11 Å². The van der Waals surface area contributed by atoms with Gasteiger partial charge in [-0.1, -0.05) is 18.5 Å². The van der Waals surface area contributed by atoms with Gasteiger partial charge < -0.3 is 15.7 Å². The predicted octanol–water partition coefficient (Wildman–Crippen LogP) is 3.71. The highest BCUT2D eigenvalue weighted by Gasteiger charge is 2.34. The molecule has 0 radical (unpaired) electrons. The number of aromatic nitrogens is 3. The molecule has 3 N–H and O–H groups in total. The Balaban J connectivity index is 1.95. The third kappa shape index (κ3) is 3.97. The summed E-state index contributed by atoms with van der Waals surface area (Å²) in [6.07, 6.45) is 3.61. The molecule has 2 aromatic heterocycles. The van der Waals surface area contributed by atoms with Gasteiger partial charge in [0.2, 0.25) is 0 Å². The van der Waals surface area contributed by atoms with Crippen LogP contribution in [0.4, 0.5) is 5.82 Å². The van der Waals surface area contributed by atoms with E-state index in [1.807, 2.05) is 13.0 Å². The maximum Gasteiger partial charge on any atom is 0.153 e. The lowest BCUT2D eigenvalue weighted by Gasteiger charge is -2.42. The molecule has 3 rings (SSSR count). The fourth-order valence-corrected chi connectivity index (χ4v) is 4.02. The van der Waals surface area contributed by atoms with Crippen molar-refractivity contribution in [1.82, 2.24) is 15.0 Å². The van der Waals surface area contributed by atoms with Crippen molar-refractivity contribution in [2.45, 2.75) is 46.3 Å². The number of hydrogen-bond donors (Lipinski definition) is 2. The number of aryl methyl sites for hydroxylation is 1. The van der Waals surface area contributed by atoms with Gasteiger partial charge in [-0.15, -0.1) is 0 Å². The molecule has 1 saturated heterocycles. The average molecular weight is 455 g/mol. The summed E-state index contributed by atoms with van der Waals surface area (Å²) in [6, 6.07) is 1.99. The third-order valence-corrected chi connectivity index (χ3v) is 6.99. The van der Waals surface area contributed by atoms with Crippen LogP contribution in [0.2, 0.25) is 5.15 Å². The number of rotatable bonds is 4. The number of pyridine rings is 1. The van der Waals surface area contributed by atoms with E-state index in [2.05, 4.69) is 39.7 Å². The zero-order chi connectivity index (χ0) is 19.8. The van der Waals surface area contributed by atoms with Crippen molar-refractivity contribution in [1.29, 1.82) is 0 Å². The summed E-state index contributed by atoms with van der Waals surface area (Å²) in [4.78, 5) is 15.8. The molecule has 1 fully saturated rings. The normalized spacial score (nSPS) is 17.8. The van der Waals surface area contributed by atoms with E-state index < -0.39 is 0 Å². The molecule has 0 spiro atoms. The largest absolute Gasteiger partial charge is 0.390 e. The van der Waals surface area contributed by atoms with Crippen molar-refractivity contribution in [3.63, 3.8) is 0 Å². The van der Waals surface area contributed by atoms with E-state index in [1.54, 1.807) is 6.20 Å². The lowest BCUT2D eigenvalue weighted by atomic mass is 9.75. The number of aliphatic hydroxyl groups is 1. The SMILES string of the molecule is Cc1nc(N2CCC(C)(C(C)N)CC2)c(CO)nc1-c1ccnc(Cl)c1Br. The lowest BCUT2D eigenvalue weighted by molar-refractivity contribution is 0.204. The van der Waals surface area contributed by atoms with Gasteiger partial charge in [0.1, 0.15) is 10.8 Å². The second-order valence-electron chi connectivity index (χ2n) is 7.48. The molecule has 1 aliphatic rings. The molecule has 0 saturated carbocycles. The molecule has 27 heavy (non-hydrogen) atoms. The first-order chi connectivity index (χ1) is 12.8. The van der Waals surface area contributed by atoms with E-state index >= 15 is 0 Å². The van der Waals surface area contributed by atoms with E-state index in [1.165, 1.54) is 0 Å². The van der Waals surface area contributed by atoms with Gasteiger partial charge >= 0.3 is 0 Å². The molecular formula is C19H25BrClN5O. The van der Waals surface area contributed by atoms with Gasteiger partial charge in [0.05, 0.1) is 22.5 Å². The van der Waals surface area contributed by atoms with Crippen LogP contribution in [0, 0.1) is 12.3 Å². The first-order valence-corrected chi connectivity index (χ1v) is 10.2. The fourth-order valence-electron chi connectivity index (χ4n) is 3.44. The van der Waals surface area contributed by atoms with Crippen LogP contribution >= 0.6 is 27.5 Å². The molecular weight excluding hydrogens is 430 g/mol. The number of aliphatic hydroxyl groups excluding tert-OH is 1. The maximum absolute atomic E-state index is 9.93. The molecule has 1 aliphatic heterocycles. The van der Waals surface area contributed by atoms with Gasteiger partial charge in [-0.05, 0) is 54.1 Å². The van der Waals surface area contributed by atoms with Crippen LogP contribution in [0.3, 0.4) is 0 Å². The second kappa shape index (κ2) is 7.99. The molecule has 0 aromatic carbocycles. The quantitative estimate of drug-likeness (QED) is 0.685. The van der Waals surface area contributed by atoms with Crippen molar-refractivity contribution in [2.24, 2.45) is 11.1 Å². The summed E-state index contributed by atoms with van der Waals surface area (Å²) in [5.41, 5.74) is 9.16. The van der Waals surface area contributed by atoms with Gasteiger partial charge in [-0.25, -0.2) is 15.0 Å². The van der Waals surface area contributed by atoms with Gasteiger partial charge in [-0.3, -0.25) is 0 Å². The van der Waals surface area contributed by atoms with Crippen LogP contribution in [0.1, 0.15) is 38.1 Å². The van der Waals surface area contributed by atoms with Crippen molar-refractivity contribution < 1.29 is 5.11 Å². The number of anilines is 1. The van der Waals surface area contributed by atoms with Gasteiger partial charge in [0, 0.05) is 30.9 Å². The van der Waals surface area contributed by atoms with Crippen molar-refractivity contribution in [3.05, 3.63) is 33.3 Å². The molecule has 146 valence electrons. The van der Waals surface area contributed by atoms with Crippen molar-refractivity contribution in [3.8, 4) is 11.3 Å². The molecule has 3 heterocycles. The summed E-state index contributed by atoms with van der Waals surface area (Å²) in [7, 11) is 0. The molecule has 1 atom stereocenters. The van der Waals surface area contributed by atoms with E-state index in [4.69, 9.17) is 27.3 Å². The Morgan fingerprint density at radius 2 is 2.04 bits per heavy atom. The molecule has 2 aromatic rings. The standard InChI is InChI=1S/C19H25BrClN5O/c1-11-16(13-4-7-23-17(21)15(13)20)25-14(10-27)18(24-11)26-8-5-19(3,6-9-26)12(2)22/h4,7,12,27H,5-6,8-10,22H2,1-3H3. The summed E-state index contributed by atoms with van der Waals surface area (Å²) in [5.74, 6) is 0.752. The number of nitrogens with zero attached hydrogens (tertiary/aromatic N) is 4. The molecule has 0 bridgehead atoms. The van der Waals surface area contributed by atoms with Crippen LogP contribution in [-0.4, -0.2) is 39.2 Å². The van der Waals surface area contributed by atoms with E-state index in [-0.39, 0.29) is 18.1 Å². The Labute approximate surface area is 173 Å². The Hall–Kier alpha value is -1.28. The minimum absolute atomic E-state index is 0.136. The maximum atomic E-state index is 9.93. The average Bonchev–Trinajstić information content (AvgIpc) is 2.64. The number of halogens is 2. The summed E-state index contributed by atoms with van der Waals surface area (Å²) >= 11 is 9.59. The number of nitrogens with two attached hydrogens (primary N) is 1. The zero-order valence-electron chi connectivity index (χ0n) is 15.8. The Morgan fingerprint density at radius 3 is 2.63 bits per heavy atom. The third-order valence-electron chi connectivity index (χ3n) is 5.68. The highest BCUT2D eigenvalue weighted by molar-refractivity contribution is 9.10. The van der Waals surface area contributed by atoms with Crippen LogP contribution in [-0.2, 0) is 6.61 Å². The van der Waals surface area contributed by atoms with Crippen LogP contribution in [0.25, 0.3) is 11.3 Å². The van der Waals surface area contributed by atoms with Crippen molar-refractivity contribution in [2.75, 3.05) is 18.0 Å². The zero-order valence-corrected chi connectivity index (χ0v) is 18.2. The lowest BCUT2D eigenvalue weighted by Crippen LogP contribution is -2.47. The van der Waals surface area contributed by atoms with Gasteiger partial charge in [0.25, 0.3) is 0 Å². The monoisotopic (exact) mass is 453 g/mol. The molecule has 0 aliphatic carbocycles. The minimum Gasteiger partial charge on any atom is -0.390 e. The van der Waals surface area contributed by atoms with Crippen LogP contribution in [0.5, 0.6) is 0 Å². The fraction of sp³-hybridized carbons (Fsp3) is 0.526. The number of piperidine rings is 1. The van der Waals surface area contributed by atoms with E-state index in [0.29, 0.717) is 21.0 Å². The minimum atomic E-state index is -0.174. The first-order valence-electron chi connectivity index (χ1n) is 9.06. The topological polar surface area (TPSA) is 88.2 Å². The van der Waals surface area contributed by atoms with Crippen molar-refractivity contribution >= 4 is 33.3 Å². The van der Waals surface area contributed by atoms with E-state index in [0.717, 1.165) is 43.0 Å². The summed E-state index contributed by atoms with van der Waals surface area (Å²) in [5, 5.41) is 10.3. The molecule has 1 unspecified atom stereocenters. The predicted molar refractivity (Wildman–Crippen MR) is 112 cm³/mol. The summed E-state index contributed by atoms with van der Waals surface area (Å²) in [6.45, 7) is 7.77. The second-order valence-corrected chi connectivity index (χ2v) is 8.63. The highest BCUT2D eigenvalue weighted by atomic mass is 79.9. The Bertz CT molecular complexity index is 837. The van der Waals surface area contributed by atoms with Crippen LogP contribution < -0.4 is 10.6 Å². The van der Waals surface area contributed by atoms with Gasteiger partial charge in [-0.2, -0.15) is 0 Å².